The highest BCUT2D eigenvalue weighted by atomic mass is 32.2. The van der Waals surface area contributed by atoms with Crippen LogP contribution < -0.4 is 5.32 Å². The quantitative estimate of drug-likeness (QED) is 0.364. The lowest BCUT2D eigenvalue weighted by atomic mass is 10.3. The summed E-state index contributed by atoms with van der Waals surface area (Å²) < 4.78 is 57.2. The molecule has 1 amide bonds. The van der Waals surface area contributed by atoms with Gasteiger partial charge in [0, 0.05) is 4.90 Å². The molecule has 4 nitrogen and oxygen atoms in total. The number of thioether (sulfide) groups is 1. The molecule has 9 heteroatoms. The standard InChI is InChI=1S/C16H11F4NO3S/c17-9-3-1-2-4-12(9)25-8-14(23)24-7-13(22)21-11-6-5-10(18)15(19)16(11)20/h1-6H,7-8H2,(H,21,22). The van der Waals surface area contributed by atoms with E-state index < -0.39 is 47.4 Å². The lowest BCUT2D eigenvalue weighted by molar-refractivity contribution is -0.144. The first kappa shape index (κ1) is 18.8. The van der Waals surface area contributed by atoms with Crippen molar-refractivity contribution in [1.82, 2.24) is 0 Å². The van der Waals surface area contributed by atoms with Crippen molar-refractivity contribution >= 4 is 29.3 Å². The average molecular weight is 373 g/mol. The minimum absolute atomic E-state index is 0.242. The molecule has 0 radical (unpaired) electrons. The second-order valence-corrected chi connectivity index (χ2v) is 5.67. The Bertz CT molecular complexity index is 801. The minimum atomic E-state index is -1.73. The van der Waals surface area contributed by atoms with Crippen LogP contribution in [-0.4, -0.2) is 24.2 Å². The number of esters is 1. The van der Waals surface area contributed by atoms with Crippen molar-refractivity contribution in [1.29, 1.82) is 0 Å². The van der Waals surface area contributed by atoms with Gasteiger partial charge in [-0.25, -0.2) is 17.6 Å². The molecule has 0 aliphatic carbocycles. The van der Waals surface area contributed by atoms with Crippen molar-refractivity contribution in [2.24, 2.45) is 0 Å². The number of carbonyl (C=O) groups excluding carboxylic acids is 2. The van der Waals surface area contributed by atoms with Gasteiger partial charge in [0.15, 0.2) is 24.1 Å². The highest BCUT2D eigenvalue weighted by Gasteiger charge is 2.16. The Morgan fingerprint density at radius 3 is 2.40 bits per heavy atom. The van der Waals surface area contributed by atoms with Gasteiger partial charge < -0.3 is 10.1 Å². The molecule has 0 spiro atoms. The van der Waals surface area contributed by atoms with Gasteiger partial charge in [0.25, 0.3) is 5.91 Å². The number of anilines is 1. The Balaban J connectivity index is 1.81. The van der Waals surface area contributed by atoms with Gasteiger partial charge in [0.2, 0.25) is 0 Å². The largest absolute Gasteiger partial charge is 0.455 e. The van der Waals surface area contributed by atoms with E-state index in [9.17, 15) is 27.2 Å². The third-order valence-electron chi connectivity index (χ3n) is 2.86. The van der Waals surface area contributed by atoms with Crippen molar-refractivity contribution in [2.45, 2.75) is 4.90 Å². The fourth-order valence-electron chi connectivity index (χ4n) is 1.69. The molecule has 0 saturated carbocycles. The van der Waals surface area contributed by atoms with E-state index in [-0.39, 0.29) is 10.6 Å². The third-order valence-corrected chi connectivity index (χ3v) is 3.88. The van der Waals surface area contributed by atoms with E-state index in [0.29, 0.717) is 6.07 Å². The van der Waals surface area contributed by atoms with Crippen LogP contribution in [0.2, 0.25) is 0 Å². The monoisotopic (exact) mass is 373 g/mol. The molecular weight excluding hydrogens is 362 g/mol. The Labute approximate surface area is 144 Å². The summed E-state index contributed by atoms with van der Waals surface area (Å²) >= 11 is 0.884. The zero-order valence-corrected chi connectivity index (χ0v) is 13.3. The second-order valence-electron chi connectivity index (χ2n) is 4.65. The van der Waals surface area contributed by atoms with E-state index >= 15 is 0 Å². The number of hydrogen-bond donors (Lipinski definition) is 1. The van der Waals surface area contributed by atoms with Crippen LogP contribution in [0.25, 0.3) is 0 Å². The predicted molar refractivity (Wildman–Crippen MR) is 83.0 cm³/mol. The first-order chi connectivity index (χ1) is 11.9. The summed E-state index contributed by atoms with van der Waals surface area (Å²) in [6, 6.07) is 7.29. The van der Waals surface area contributed by atoms with Crippen LogP contribution >= 0.6 is 11.8 Å². The van der Waals surface area contributed by atoms with Gasteiger partial charge in [-0.15, -0.1) is 11.8 Å². The normalized spacial score (nSPS) is 10.4. The van der Waals surface area contributed by atoms with E-state index in [4.69, 9.17) is 0 Å². The van der Waals surface area contributed by atoms with E-state index in [1.807, 2.05) is 5.32 Å². The fourth-order valence-corrected chi connectivity index (χ4v) is 2.43. The molecule has 0 atom stereocenters. The molecule has 2 aromatic rings. The van der Waals surface area contributed by atoms with Gasteiger partial charge >= 0.3 is 5.97 Å². The molecular formula is C16H11F4NO3S. The summed E-state index contributed by atoms with van der Waals surface area (Å²) in [6.07, 6.45) is 0. The number of nitrogens with one attached hydrogen (secondary N) is 1. The zero-order chi connectivity index (χ0) is 18.4. The van der Waals surface area contributed by atoms with Crippen LogP contribution in [0.1, 0.15) is 0 Å². The summed E-state index contributed by atoms with van der Waals surface area (Å²) in [5.74, 6) is -7.15. The summed E-state index contributed by atoms with van der Waals surface area (Å²) in [7, 11) is 0. The lowest BCUT2D eigenvalue weighted by Gasteiger charge is -2.08. The number of carbonyl (C=O) groups is 2. The molecule has 0 fully saturated rings. The molecule has 132 valence electrons. The molecule has 2 aromatic carbocycles. The van der Waals surface area contributed by atoms with Gasteiger partial charge in [-0.1, -0.05) is 12.1 Å². The highest BCUT2D eigenvalue weighted by molar-refractivity contribution is 8.00. The molecule has 0 bridgehead atoms. The van der Waals surface area contributed by atoms with Crippen LogP contribution in [0.4, 0.5) is 23.2 Å². The van der Waals surface area contributed by atoms with E-state index in [1.165, 1.54) is 18.2 Å². The van der Waals surface area contributed by atoms with E-state index in [2.05, 4.69) is 4.74 Å². The SMILES string of the molecule is O=C(COC(=O)CSc1ccccc1F)Nc1ccc(F)c(F)c1F. The summed E-state index contributed by atoms with van der Waals surface area (Å²) in [5, 5.41) is 1.95. The Morgan fingerprint density at radius 1 is 0.960 bits per heavy atom. The van der Waals surface area contributed by atoms with E-state index in [0.717, 1.165) is 17.8 Å². The molecule has 2 rings (SSSR count). The molecule has 0 heterocycles. The minimum Gasteiger partial charge on any atom is -0.455 e. The third kappa shape index (κ3) is 5.21. The molecule has 25 heavy (non-hydrogen) atoms. The van der Waals surface area contributed by atoms with Crippen LogP contribution in [0.5, 0.6) is 0 Å². The Kier molecular flexibility index (Phi) is 6.40. The van der Waals surface area contributed by atoms with Gasteiger partial charge in [0.1, 0.15) is 5.82 Å². The maximum absolute atomic E-state index is 13.4. The summed E-state index contributed by atoms with van der Waals surface area (Å²) in [4.78, 5) is 23.3. The first-order valence-corrected chi connectivity index (χ1v) is 7.83. The topological polar surface area (TPSA) is 55.4 Å². The van der Waals surface area contributed by atoms with Crippen LogP contribution in [0.3, 0.4) is 0 Å². The maximum Gasteiger partial charge on any atom is 0.316 e. The predicted octanol–water partition coefficient (Wildman–Crippen LogP) is 3.52. The fraction of sp³-hybridized carbons (Fsp3) is 0.125. The lowest BCUT2D eigenvalue weighted by Crippen LogP contribution is -2.22. The average Bonchev–Trinajstić information content (AvgIpc) is 2.60. The van der Waals surface area contributed by atoms with Crippen LogP contribution in [0, 0.1) is 23.3 Å². The van der Waals surface area contributed by atoms with Crippen LogP contribution in [-0.2, 0) is 14.3 Å². The van der Waals surface area contributed by atoms with Gasteiger partial charge in [-0.2, -0.15) is 0 Å². The van der Waals surface area contributed by atoms with E-state index in [1.54, 1.807) is 6.07 Å². The molecule has 0 saturated heterocycles. The number of benzene rings is 2. The highest BCUT2D eigenvalue weighted by Crippen LogP contribution is 2.21. The number of hydrogen-bond acceptors (Lipinski definition) is 4. The summed E-state index contributed by atoms with van der Waals surface area (Å²) in [6.45, 7) is -0.755. The first-order valence-electron chi connectivity index (χ1n) is 6.84. The smallest absolute Gasteiger partial charge is 0.316 e. The number of halogens is 4. The maximum atomic E-state index is 13.4. The van der Waals surface area contributed by atoms with Crippen molar-refractivity contribution in [3.05, 3.63) is 59.7 Å². The van der Waals surface area contributed by atoms with Crippen molar-refractivity contribution in [2.75, 3.05) is 17.7 Å². The number of ether oxygens (including phenoxy) is 1. The molecule has 0 aliphatic heterocycles. The number of rotatable bonds is 6. The van der Waals surface area contributed by atoms with Gasteiger partial charge in [-0.3, -0.25) is 9.59 Å². The van der Waals surface area contributed by atoms with Gasteiger partial charge in [0.05, 0.1) is 11.4 Å². The molecule has 0 aliphatic rings. The molecule has 1 N–H and O–H groups in total. The van der Waals surface area contributed by atoms with Crippen molar-refractivity contribution < 1.29 is 31.9 Å². The van der Waals surface area contributed by atoms with Crippen molar-refractivity contribution in [3.8, 4) is 0 Å². The Morgan fingerprint density at radius 2 is 1.68 bits per heavy atom. The molecule has 0 unspecified atom stereocenters. The number of amides is 1. The molecule has 0 aromatic heterocycles. The Hall–Kier alpha value is -2.55. The van der Waals surface area contributed by atoms with Crippen molar-refractivity contribution in [3.63, 3.8) is 0 Å². The van der Waals surface area contributed by atoms with Crippen LogP contribution in [0.15, 0.2) is 41.3 Å². The van der Waals surface area contributed by atoms with Gasteiger partial charge in [-0.05, 0) is 24.3 Å². The zero-order valence-electron chi connectivity index (χ0n) is 12.5. The summed E-state index contributed by atoms with van der Waals surface area (Å²) in [5.41, 5.74) is -0.583. The second kappa shape index (κ2) is 8.52.